The first-order valence-corrected chi connectivity index (χ1v) is 8.87. The lowest BCUT2D eigenvalue weighted by molar-refractivity contribution is -0.137. The lowest BCUT2D eigenvalue weighted by atomic mass is 10.1. The Morgan fingerprint density at radius 1 is 1.22 bits per heavy atom. The molecule has 1 aliphatic heterocycles. The lowest BCUT2D eigenvalue weighted by Crippen LogP contribution is -2.52. The Kier molecular flexibility index (Phi) is 5.71. The van der Waals surface area contributed by atoms with E-state index in [1.165, 1.54) is 0 Å². The molecule has 8 heteroatoms. The first-order chi connectivity index (χ1) is 13.1. The van der Waals surface area contributed by atoms with Crippen LogP contribution in [0.1, 0.15) is 18.4 Å². The van der Waals surface area contributed by atoms with E-state index in [2.05, 4.69) is 21.3 Å². The molecule has 0 unspecified atom stereocenters. The summed E-state index contributed by atoms with van der Waals surface area (Å²) in [6.45, 7) is 2.65. The number of hydrogen-bond donors (Lipinski definition) is 2. The number of carbonyl (C=O) groups is 2. The Morgan fingerprint density at radius 2 is 1.96 bits per heavy atom. The van der Waals surface area contributed by atoms with Gasteiger partial charge in [-0.1, -0.05) is 18.2 Å². The molecule has 1 fully saturated rings. The number of aliphatic carboxylic acids is 1. The van der Waals surface area contributed by atoms with Gasteiger partial charge in [-0.25, -0.2) is 4.79 Å². The number of para-hydroxylation sites is 1. The number of fused-ring (bicyclic) bond motifs is 1. The Labute approximate surface area is 157 Å². The molecule has 0 radical (unpaired) electrons. The average Bonchev–Trinajstić information content (AvgIpc) is 2.70. The molecule has 27 heavy (non-hydrogen) atoms. The quantitative estimate of drug-likeness (QED) is 0.780. The van der Waals surface area contributed by atoms with Crippen LogP contribution in [0.15, 0.2) is 30.5 Å². The van der Waals surface area contributed by atoms with Crippen LogP contribution in [0.5, 0.6) is 0 Å². The Morgan fingerprint density at radius 3 is 2.67 bits per heavy atom. The number of benzene rings is 1. The number of amides is 2. The number of carboxylic acid groups (broad SMARTS) is 1. The largest absolute Gasteiger partial charge is 0.481 e. The Balaban J connectivity index is 1.64. The van der Waals surface area contributed by atoms with Gasteiger partial charge in [0.2, 0.25) is 0 Å². The van der Waals surface area contributed by atoms with Gasteiger partial charge in [-0.3, -0.25) is 9.78 Å². The van der Waals surface area contributed by atoms with Crippen molar-refractivity contribution in [3.05, 3.63) is 36.0 Å². The second-order valence-electron chi connectivity index (χ2n) is 6.35. The van der Waals surface area contributed by atoms with Crippen LogP contribution in [0.4, 0.5) is 10.5 Å². The summed E-state index contributed by atoms with van der Waals surface area (Å²) in [6.07, 6.45) is 2.05. The molecule has 0 saturated carbocycles. The van der Waals surface area contributed by atoms with Crippen LogP contribution in [0.2, 0.25) is 0 Å². The lowest BCUT2D eigenvalue weighted by Gasteiger charge is -2.36. The minimum atomic E-state index is -0.865. The summed E-state index contributed by atoms with van der Waals surface area (Å²) >= 11 is 0. The fourth-order valence-corrected chi connectivity index (χ4v) is 3.23. The van der Waals surface area contributed by atoms with Crippen molar-refractivity contribution in [2.45, 2.75) is 12.8 Å². The number of urea groups is 1. The number of anilines is 1. The topological polar surface area (TPSA) is 110 Å². The molecule has 0 atom stereocenters. The van der Waals surface area contributed by atoms with Crippen LogP contribution in [0, 0.1) is 11.3 Å². The molecule has 2 N–H and O–H groups in total. The highest BCUT2D eigenvalue weighted by atomic mass is 16.4. The standard InChI is InChI=1S/C19H21N5O3/c20-12-14-13-22-16-5-2-1-4-15(16)18(14)23-8-10-24(11-9-23)19(27)21-7-3-6-17(25)26/h1-2,4-5,13H,3,6-11H2,(H,21,27)(H,25,26). The second kappa shape index (κ2) is 8.36. The van der Waals surface area contributed by atoms with Crippen LogP contribution in [0.3, 0.4) is 0 Å². The van der Waals surface area contributed by atoms with Crippen LogP contribution in [-0.4, -0.2) is 59.7 Å². The molecule has 1 aromatic carbocycles. The van der Waals surface area contributed by atoms with Gasteiger partial charge in [-0.05, 0) is 12.5 Å². The smallest absolute Gasteiger partial charge is 0.317 e. The van der Waals surface area contributed by atoms with E-state index in [1.807, 2.05) is 24.3 Å². The summed E-state index contributed by atoms with van der Waals surface area (Å²) in [7, 11) is 0. The van der Waals surface area contributed by atoms with Crippen molar-refractivity contribution in [2.75, 3.05) is 37.6 Å². The first kappa shape index (κ1) is 18.5. The van der Waals surface area contributed by atoms with E-state index in [0.717, 1.165) is 16.6 Å². The number of nitrogens with zero attached hydrogens (tertiary/aromatic N) is 4. The van der Waals surface area contributed by atoms with E-state index in [4.69, 9.17) is 5.11 Å². The summed E-state index contributed by atoms with van der Waals surface area (Å²) in [5, 5.41) is 21.8. The number of carbonyl (C=O) groups excluding carboxylic acids is 1. The van der Waals surface area contributed by atoms with Crippen molar-refractivity contribution in [1.29, 1.82) is 5.26 Å². The Bertz CT molecular complexity index is 885. The molecule has 0 spiro atoms. The molecular weight excluding hydrogens is 346 g/mol. The highest BCUT2D eigenvalue weighted by Gasteiger charge is 2.24. The van der Waals surface area contributed by atoms with Crippen LogP contribution in [-0.2, 0) is 4.79 Å². The molecule has 1 aliphatic rings. The number of piperazine rings is 1. The first-order valence-electron chi connectivity index (χ1n) is 8.87. The molecule has 2 heterocycles. The average molecular weight is 367 g/mol. The molecule has 0 aliphatic carbocycles. The minimum Gasteiger partial charge on any atom is -0.481 e. The van der Waals surface area contributed by atoms with Crippen LogP contribution >= 0.6 is 0 Å². The monoisotopic (exact) mass is 367 g/mol. The van der Waals surface area contributed by atoms with Gasteiger partial charge in [0, 0.05) is 50.7 Å². The van der Waals surface area contributed by atoms with E-state index in [0.29, 0.717) is 44.7 Å². The van der Waals surface area contributed by atoms with E-state index in [-0.39, 0.29) is 12.5 Å². The zero-order valence-electron chi connectivity index (χ0n) is 14.9. The normalized spacial score (nSPS) is 14.0. The van der Waals surface area contributed by atoms with Gasteiger partial charge >= 0.3 is 12.0 Å². The summed E-state index contributed by atoms with van der Waals surface area (Å²) in [4.78, 5) is 30.9. The van der Waals surface area contributed by atoms with Gasteiger partial charge in [0.05, 0.1) is 16.8 Å². The predicted molar refractivity (Wildman–Crippen MR) is 101 cm³/mol. The molecular formula is C19H21N5O3. The van der Waals surface area contributed by atoms with Crippen molar-refractivity contribution in [3.63, 3.8) is 0 Å². The molecule has 140 valence electrons. The van der Waals surface area contributed by atoms with Gasteiger partial charge in [0.1, 0.15) is 6.07 Å². The van der Waals surface area contributed by atoms with E-state index >= 15 is 0 Å². The summed E-state index contributed by atoms with van der Waals surface area (Å²) in [5.41, 5.74) is 2.23. The fourth-order valence-electron chi connectivity index (χ4n) is 3.23. The number of rotatable bonds is 5. The van der Waals surface area contributed by atoms with Gasteiger partial charge in [-0.2, -0.15) is 5.26 Å². The van der Waals surface area contributed by atoms with Gasteiger partial charge in [0.15, 0.2) is 0 Å². The highest BCUT2D eigenvalue weighted by Crippen LogP contribution is 2.29. The minimum absolute atomic E-state index is 0.0418. The second-order valence-corrected chi connectivity index (χ2v) is 6.35. The van der Waals surface area contributed by atoms with Crippen molar-refractivity contribution in [2.24, 2.45) is 0 Å². The third kappa shape index (κ3) is 4.26. The third-order valence-electron chi connectivity index (χ3n) is 4.59. The molecule has 2 amide bonds. The third-order valence-corrected chi connectivity index (χ3v) is 4.59. The zero-order chi connectivity index (χ0) is 19.2. The number of nitriles is 1. The zero-order valence-corrected chi connectivity index (χ0v) is 14.9. The molecule has 1 saturated heterocycles. The molecule has 2 aromatic rings. The number of hydrogen-bond acceptors (Lipinski definition) is 5. The van der Waals surface area contributed by atoms with Crippen LogP contribution < -0.4 is 10.2 Å². The number of pyridine rings is 1. The summed E-state index contributed by atoms with van der Waals surface area (Å²) in [5.74, 6) is -0.865. The van der Waals surface area contributed by atoms with Crippen molar-refractivity contribution < 1.29 is 14.7 Å². The van der Waals surface area contributed by atoms with Crippen molar-refractivity contribution in [1.82, 2.24) is 15.2 Å². The van der Waals surface area contributed by atoms with Gasteiger partial charge in [-0.15, -0.1) is 0 Å². The number of nitrogens with one attached hydrogen (secondary N) is 1. The fraction of sp³-hybridized carbons (Fsp3) is 0.368. The van der Waals surface area contributed by atoms with Crippen molar-refractivity contribution >= 4 is 28.6 Å². The van der Waals surface area contributed by atoms with Gasteiger partial charge in [0.25, 0.3) is 0 Å². The maximum Gasteiger partial charge on any atom is 0.317 e. The maximum atomic E-state index is 12.2. The highest BCUT2D eigenvalue weighted by molar-refractivity contribution is 5.94. The van der Waals surface area contributed by atoms with E-state index in [9.17, 15) is 14.9 Å². The number of aromatic nitrogens is 1. The van der Waals surface area contributed by atoms with Gasteiger partial charge < -0.3 is 20.2 Å². The summed E-state index contributed by atoms with van der Waals surface area (Å²) in [6, 6.07) is 9.75. The SMILES string of the molecule is N#Cc1cnc2ccccc2c1N1CCN(C(=O)NCCCC(=O)O)CC1. The molecule has 8 nitrogen and oxygen atoms in total. The summed E-state index contributed by atoms with van der Waals surface area (Å²) < 4.78 is 0. The maximum absolute atomic E-state index is 12.2. The van der Waals surface area contributed by atoms with Crippen LogP contribution in [0.25, 0.3) is 10.9 Å². The molecule has 0 bridgehead atoms. The van der Waals surface area contributed by atoms with E-state index < -0.39 is 5.97 Å². The molecule has 3 rings (SSSR count). The Hall–Kier alpha value is -3.34. The predicted octanol–water partition coefficient (Wildman–Crippen LogP) is 1.80. The van der Waals surface area contributed by atoms with E-state index in [1.54, 1.807) is 11.1 Å². The number of carboxylic acids is 1. The molecule has 1 aromatic heterocycles. The van der Waals surface area contributed by atoms with Crippen molar-refractivity contribution in [3.8, 4) is 6.07 Å².